The van der Waals surface area contributed by atoms with Gasteiger partial charge < -0.3 is 14.8 Å². The highest BCUT2D eigenvalue weighted by molar-refractivity contribution is 7.98. The average Bonchev–Trinajstić information content (AvgIpc) is 3.00. The molecule has 0 bridgehead atoms. The minimum Gasteiger partial charge on any atom is -0.336 e. The Hall–Kier alpha value is -0.920. The molecular formula is C16H19Cl3N4OS. The van der Waals surface area contributed by atoms with E-state index in [4.69, 9.17) is 23.2 Å². The van der Waals surface area contributed by atoms with Crippen molar-refractivity contribution >= 4 is 53.3 Å². The van der Waals surface area contributed by atoms with E-state index < -0.39 is 0 Å². The van der Waals surface area contributed by atoms with Gasteiger partial charge >= 0.3 is 0 Å². The number of hydrogen-bond acceptors (Lipinski definition) is 4. The summed E-state index contributed by atoms with van der Waals surface area (Å²) < 4.78 is 1.94. The number of rotatable bonds is 3. The van der Waals surface area contributed by atoms with E-state index in [1.165, 1.54) is 11.8 Å². The second-order valence-corrected chi connectivity index (χ2v) is 7.24. The minimum absolute atomic E-state index is 0. The first-order valence-corrected chi connectivity index (χ1v) is 9.53. The molecule has 1 aliphatic heterocycles. The maximum atomic E-state index is 13.1. The van der Waals surface area contributed by atoms with E-state index in [0.717, 1.165) is 17.3 Å². The van der Waals surface area contributed by atoms with Gasteiger partial charge in [0.05, 0.1) is 15.6 Å². The number of hydrogen-bond donors (Lipinski definition) is 1. The van der Waals surface area contributed by atoms with Crippen LogP contribution in [-0.4, -0.2) is 46.2 Å². The fourth-order valence-corrected chi connectivity index (χ4v) is 4.07. The zero-order valence-corrected chi connectivity index (χ0v) is 17.0. The summed E-state index contributed by atoms with van der Waals surface area (Å²) >= 11 is 14.0. The number of amides is 1. The third-order valence-electron chi connectivity index (χ3n) is 4.13. The minimum atomic E-state index is -0.129. The van der Waals surface area contributed by atoms with Crippen molar-refractivity contribution in [2.75, 3.05) is 25.9 Å². The molecule has 1 saturated heterocycles. The van der Waals surface area contributed by atoms with Crippen molar-refractivity contribution in [2.45, 2.75) is 10.9 Å². The SMILES string of the molecule is CSc1cc(C(=O)N2CCNCC2c2nccn2C)c(Cl)cc1Cl.Cl. The Kier molecular flexibility index (Phi) is 7.05. The van der Waals surface area contributed by atoms with E-state index in [2.05, 4.69) is 10.3 Å². The zero-order valence-electron chi connectivity index (χ0n) is 13.8. The number of carbonyl (C=O) groups is 1. The lowest BCUT2D eigenvalue weighted by molar-refractivity contribution is 0.0621. The smallest absolute Gasteiger partial charge is 0.256 e. The van der Waals surface area contributed by atoms with E-state index in [0.29, 0.717) is 28.7 Å². The van der Waals surface area contributed by atoms with Gasteiger partial charge in [-0.1, -0.05) is 23.2 Å². The zero-order chi connectivity index (χ0) is 17.3. The molecule has 0 saturated carbocycles. The molecule has 0 spiro atoms. The summed E-state index contributed by atoms with van der Waals surface area (Å²) in [6.07, 6.45) is 5.55. The summed E-state index contributed by atoms with van der Waals surface area (Å²) in [5.41, 5.74) is 0.478. The van der Waals surface area contributed by atoms with Crippen molar-refractivity contribution < 1.29 is 4.79 Å². The quantitative estimate of drug-likeness (QED) is 0.769. The second kappa shape index (κ2) is 8.64. The number of benzene rings is 1. The van der Waals surface area contributed by atoms with Gasteiger partial charge in [-0.15, -0.1) is 24.2 Å². The van der Waals surface area contributed by atoms with Crippen molar-refractivity contribution in [3.05, 3.63) is 46.0 Å². The molecule has 1 aromatic carbocycles. The van der Waals surface area contributed by atoms with Gasteiger partial charge in [-0.25, -0.2) is 4.98 Å². The van der Waals surface area contributed by atoms with Crippen molar-refractivity contribution in [3.8, 4) is 0 Å². The van der Waals surface area contributed by atoms with Crippen LogP contribution in [0.4, 0.5) is 0 Å². The van der Waals surface area contributed by atoms with Crippen molar-refractivity contribution in [1.29, 1.82) is 0 Å². The highest BCUT2D eigenvalue weighted by Gasteiger charge is 2.32. The molecule has 1 fully saturated rings. The first-order valence-electron chi connectivity index (χ1n) is 7.55. The molecular weight excluding hydrogens is 403 g/mol. The van der Waals surface area contributed by atoms with Crippen LogP contribution in [0.5, 0.6) is 0 Å². The summed E-state index contributed by atoms with van der Waals surface area (Å²) in [6, 6.07) is 3.28. The van der Waals surface area contributed by atoms with E-state index >= 15 is 0 Å². The monoisotopic (exact) mass is 420 g/mol. The summed E-state index contributed by atoms with van der Waals surface area (Å²) in [7, 11) is 1.93. The Bertz CT molecular complexity index is 768. The number of nitrogens with one attached hydrogen (secondary N) is 1. The van der Waals surface area contributed by atoms with Crippen LogP contribution < -0.4 is 5.32 Å². The third kappa shape index (κ3) is 4.09. The lowest BCUT2D eigenvalue weighted by Crippen LogP contribution is -2.49. The molecule has 3 rings (SSSR count). The van der Waals surface area contributed by atoms with Crippen molar-refractivity contribution in [1.82, 2.24) is 19.8 Å². The summed E-state index contributed by atoms with van der Waals surface area (Å²) in [5.74, 6) is 0.757. The third-order valence-corrected chi connectivity index (χ3v) is 5.65. The number of carbonyl (C=O) groups excluding carboxylic acids is 1. The van der Waals surface area contributed by atoms with Gasteiger partial charge in [-0.3, -0.25) is 4.79 Å². The van der Waals surface area contributed by atoms with Gasteiger partial charge in [0, 0.05) is 44.0 Å². The van der Waals surface area contributed by atoms with Crippen LogP contribution in [0.2, 0.25) is 10.0 Å². The second-order valence-electron chi connectivity index (χ2n) is 5.58. The van der Waals surface area contributed by atoms with Gasteiger partial charge in [-0.05, 0) is 18.4 Å². The molecule has 9 heteroatoms. The fraction of sp³-hybridized carbons (Fsp3) is 0.375. The predicted molar refractivity (Wildman–Crippen MR) is 105 cm³/mol. The Balaban J connectivity index is 0.00000225. The van der Waals surface area contributed by atoms with Crippen molar-refractivity contribution in [2.24, 2.45) is 7.05 Å². The Morgan fingerprint density at radius 1 is 1.36 bits per heavy atom. The summed E-state index contributed by atoms with van der Waals surface area (Å²) in [5, 5.41) is 4.26. The first kappa shape index (κ1) is 20.4. The first-order chi connectivity index (χ1) is 11.5. The normalized spacial score (nSPS) is 17.3. The van der Waals surface area contributed by atoms with Gasteiger partial charge in [0.25, 0.3) is 5.91 Å². The largest absolute Gasteiger partial charge is 0.336 e. The molecule has 1 amide bonds. The number of thioether (sulfide) groups is 1. The highest BCUT2D eigenvalue weighted by atomic mass is 35.5. The molecule has 2 heterocycles. The molecule has 5 nitrogen and oxygen atoms in total. The molecule has 1 atom stereocenters. The Morgan fingerprint density at radius 3 is 2.76 bits per heavy atom. The van der Waals surface area contributed by atoms with Crippen LogP contribution in [0.15, 0.2) is 29.4 Å². The fourth-order valence-electron chi connectivity index (χ4n) is 2.88. The number of aryl methyl sites for hydroxylation is 1. The molecule has 1 N–H and O–H groups in total. The number of nitrogens with zero attached hydrogens (tertiary/aromatic N) is 3. The molecule has 2 aromatic rings. The van der Waals surface area contributed by atoms with E-state index in [1.54, 1.807) is 18.3 Å². The average molecular weight is 422 g/mol. The molecule has 1 aromatic heterocycles. The van der Waals surface area contributed by atoms with Gasteiger partial charge in [0.1, 0.15) is 11.9 Å². The lowest BCUT2D eigenvalue weighted by atomic mass is 10.1. The topological polar surface area (TPSA) is 50.2 Å². The Labute approximate surface area is 167 Å². The standard InChI is InChI=1S/C16H18Cl2N4OS.ClH/c1-21-5-4-20-15(21)13-9-19-3-6-22(13)16(23)10-7-14(24-2)12(18)8-11(10)17;/h4-5,7-8,13,19H,3,6,9H2,1-2H3;1H. The molecule has 136 valence electrons. The molecule has 1 aliphatic rings. The van der Waals surface area contributed by atoms with Crippen LogP contribution in [0.3, 0.4) is 0 Å². The van der Waals surface area contributed by atoms with Crippen LogP contribution in [0.25, 0.3) is 0 Å². The number of piperazine rings is 1. The molecule has 1 unspecified atom stereocenters. The van der Waals surface area contributed by atoms with Crippen molar-refractivity contribution in [3.63, 3.8) is 0 Å². The van der Waals surface area contributed by atoms with Crippen LogP contribution in [0.1, 0.15) is 22.2 Å². The molecule has 25 heavy (non-hydrogen) atoms. The van der Waals surface area contributed by atoms with Crippen LogP contribution in [0, 0.1) is 0 Å². The van der Waals surface area contributed by atoms with E-state index in [9.17, 15) is 4.79 Å². The number of imidazole rings is 1. The van der Waals surface area contributed by atoms with Gasteiger partial charge in [0.15, 0.2) is 0 Å². The Morgan fingerprint density at radius 2 is 2.12 bits per heavy atom. The lowest BCUT2D eigenvalue weighted by Gasteiger charge is -2.36. The number of halogens is 3. The van der Waals surface area contributed by atoms with Crippen LogP contribution >= 0.6 is 47.4 Å². The van der Waals surface area contributed by atoms with Crippen LogP contribution in [-0.2, 0) is 7.05 Å². The summed E-state index contributed by atoms with van der Waals surface area (Å²) in [4.78, 5) is 20.2. The maximum Gasteiger partial charge on any atom is 0.256 e. The highest BCUT2D eigenvalue weighted by Crippen LogP contribution is 2.33. The number of aromatic nitrogens is 2. The molecule has 0 aliphatic carbocycles. The maximum absolute atomic E-state index is 13.1. The predicted octanol–water partition coefficient (Wildman–Crippen LogP) is 3.66. The van der Waals surface area contributed by atoms with Gasteiger partial charge in [-0.2, -0.15) is 0 Å². The van der Waals surface area contributed by atoms with Gasteiger partial charge in [0.2, 0.25) is 0 Å². The molecule has 0 radical (unpaired) electrons. The summed E-state index contributed by atoms with van der Waals surface area (Å²) in [6.45, 7) is 2.01. The van der Waals surface area contributed by atoms with E-state index in [-0.39, 0.29) is 24.4 Å². The van der Waals surface area contributed by atoms with E-state index in [1.807, 2.05) is 29.0 Å².